The minimum absolute atomic E-state index is 0.0717. The number of hydrogen-bond donors (Lipinski definition) is 1. The summed E-state index contributed by atoms with van der Waals surface area (Å²) >= 11 is 0. The van der Waals surface area contributed by atoms with Crippen LogP contribution in [0.3, 0.4) is 0 Å². The van der Waals surface area contributed by atoms with Crippen molar-refractivity contribution in [1.82, 2.24) is 30.1 Å². The van der Waals surface area contributed by atoms with E-state index in [9.17, 15) is 4.79 Å². The van der Waals surface area contributed by atoms with Crippen LogP contribution < -0.4 is 15.0 Å². The number of ether oxygens (including phenoxy) is 2. The Morgan fingerprint density at radius 3 is 2.41 bits per heavy atom. The molecule has 2 heterocycles. The number of H-pyrrole nitrogens is 1. The SMILES string of the molecule is CC[C@@H](c1nnnn1C(C)(C)C)N(CCc1ccc(OC)c(OC)c1)Cc1cc2c(C)ccc(C)c2[nH]c1=O. The van der Waals surface area contributed by atoms with Gasteiger partial charge in [-0.3, -0.25) is 9.69 Å². The molecule has 0 saturated heterocycles. The van der Waals surface area contributed by atoms with Crippen molar-refractivity contribution in [1.29, 1.82) is 0 Å². The van der Waals surface area contributed by atoms with Gasteiger partial charge in [0.2, 0.25) is 0 Å². The predicted octanol–water partition coefficient (Wildman–Crippen LogP) is 5.10. The maximum atomic E-state index is 13.3. The number of nitrogens with zero attached hydrogens (tertiary/aromatic N) is 5. The number of aromatic nitrogens is 5. The molecular weight excluding hydrogens is 492 g/mol. The Balaban J connectivity index is 1.74. The Bertz CT molecular complexity index is 1500. The molecule has 1 atom stereocenters. The lowest BCUT2D eigenvalue weighted by Gasteiger charge is -2.32. The first kappa shape index (κ1) is 28.3. The van der Waals surface area contributed by atoms with Gasteiger partial charge in [0, 0.05) is 24.0 Å². The molecule has 1 N–H and O–H groups in total. The van der Waals surface area contributed by atoms with Gasteiger partial charge in [-0.2, -0.15) is 0 Å². The third-order valence-corrected chi connectivity index (χ3v) is 7.28. The first-order chi connectivity index (χ1) is 18.6. The largest absolute Gasteiger partial charge is 0.493 e. The fraction of sp³-hybridized carbons (Fsp3) is 0.467. The minimum Gasteiger partial charge on any atom is -0.493 e. The normalized spacial score (nSPS) is 12.7. The van der Waals surface area contributed by atoms with E-state index in [4.69, 9.17) is 9.47 Å². The van der Waals surface area contributed by atoms with E-state index < -0.39 is 0 Å². The lowest BCUT2D eigenvalue weighted by Crippen LogP contribution is -2.36. The highest BCUT2D eigenvalue weighted by molar-refractivity contribution is 5.85. The van der Waals surface area contributed by atoms with E-state index in [1.54, 1.807) is 14.2 Å². The molecule has 0 bridgehead atoms. The van der Waals surface area contributed by atoms with Gasteiger partial charge in [-0.1, -0.05) is 25.1 Å². The third kappa shape index (κ3) is 5.98. The fourth-order valence-corrected chi connectivity index (χ4v) is 5.09. The van der Waals surface area contributed by atoms with E-state index >= 15 is 0 Å². The summed E-state index contributed by atoms with van der Waals surface area (Å²) in [5, 5.41) is 13.9. The molecule has 4 rings (SSSR count). The standard InChI is InChI=1S/C30H40N6O3/c1-9-24(28-32-33-34-36(28)30(4,5)6)35(15-14-21-12-13-25(38-7)26(16-21)39-8)18-22-17-23-19(2)10-11-20(3)27(23)31-29(22)37/h10-13,16-17,24H,9,14-15,18H2,1-8H3,(H,31,37)/t24-/m0/s1. The number of benzene rings is 2. The zero-order chi connectivity index (χ0) is 28.3. The summed E-state index contributed by atoms with van der Waals surface area (Å²) in [6.07, 6.45) is 1.53. The summed E-state index contributed by atoms with van der Waals surface area (Å²) in [6, 6.07) is 12.1. The molecule has 0 aliphatic heterocycles. The molecule has 0 radical (unpaired) electrons. The van der Waals surface area contributed by atoms with Crippen molar-refractivity contribution in [2.45, 2.75) is 72.5 Å². The van der Waals surface area contributed by atoms with Gasteiger partial charge in [0.25, 0.3) is 5.56 Å². The van der Waals surface area contributed by atoms with Crippen LogP contribution in [0.15, 0.2) is 41.2 Å². The van der Waals surface area contributed by atoms with E-state index in [1.165, 1.54) is 0 Å². The zero-order valence-corrected chi connectivity index (χ0v) is 24.3. The lowest BCUT2D eigenvalue weighted by atomic mass is 10.0. The second-order valence-electron chi connectivity index (χ2n) is 11.1. The Morgan fingerprint density at radius 2 is 1.74 bits per heavy atom. The molecule has 208 valence electrons. The van der Waals surface area contributed by atoms with Crippen LogP contribution in [0.25, 0.3) is 10.9 Å². The van der Waals surface area contributed by atoms with Crippen molar-refractivity contribution in [3.8, 4) is 11.5 Å². The highest BCUT2D eigenvalue weighted by Crippen LogP contribution is 2.30. The lowest BCUT2D eigenvalue weighted by molar-refractivity contribution is 0.163. The number of hydrogen-bond acceptors (Lipinski definition) is 7. The minimum atomic E-state index is -0.281. The first-order valence-electron chi connectivity index (χ1n) is 13.4. The summed E-state index contributed by atoms with van der Waals surface area (Å²) < 4.78 is 12.8. The quantitative estimate of drug-likeness (QED) is 0.303. The molecule has 0 aliphatic carbocycles. The summed E-state index contributed by atoms with van der Waals surface area (Å²) in [6.45, 7) is 13.6. The summed E-state index contributed by atoms with van der Waals surface area (Å²) in [7, 11) is 3.28. The highest BCUT2D eigenvalue weighted by atomic mass is 16.5. The van der Waals surface area contributed by atoms with Gasteiger partial charge in [0.1, 0.15) is 0 Å². The maximum absolute atomic E-state index is 13.3. The Kier molecular flexibility index (Phi) is 8.39. The molecule has 2 aromatic carbocycles. The number of aryl methyl sites for hydroxylation is 2. The van der Waals surface area contributed by atoms with E-state index in [0.717, 1.165) is 51.8 Å². The van der Waals surface area contributed by atoms with E-state index in [2.05, 4.69) is 72.2 Å². The second-order valence-corrected chi connectivity index (χ2v) is 11.1. The molecule has 9 nitrogen and oxygen atoms in total. The second kappa shape index (κ2) is 11.6. The van der Waals surface area contributed by atoms with Crippen LogP contribution in [0.5, 0.6) is 11.5 Å². The van der Waals surface area contributed by atoms with Crippen LogP contribution >= 0.6 is 0 Å². The van der Waals surface area contributed by atoms with E-state index in [1.807, 2.05) is 35.9 Å². The number of tetrazole rings is 1. The molecule has 0 fully saturated rings. The van der Waals surface area contributed by atoms with Crippen LogP contribution in [0.1, 0.15) is 68.2 Å². The molecule has 39 heavy (non-hydrogen) atoms. The first-order valence-corrected chi connectivity index (χ1v) is 13.4. The van der Waals surface area contributed by atoms with Gasteiger partial charge in [-0.15, -0.1) is 5.10 Å². The van der Waals surface area contributed by atoms with Crippen molar-refractivity contribution in [2.75, 3.05) is 20.8 Å². The average molecular weight is 533 g/mol. The van der Waals surface area contributed by atoms with Gasteiger partial charge in [0.15, 0.2) is 17.3 Å². The molecule has 0 spiro atoms. The Hall–Kier alpha value is -3.72. The van der Waals surface area contributed by atoms with Crippen molar-refractivity contribution >= 4 is 10.9 Å². The summed E-state index contributed by atoms with van der Waals surface area (Å²) in [5.74, 6) is 2.19. The number of methoxy groups -OCH3 is 2. The smallest absolute Gasteiger partial charge is 0.252 e. The van der Waals surface area contributed by atoms with Gasteiger partial charge >= 0.3 is 0 Å². The van der Waals surface area contributed by atoms with Crippen LogP contribution in [-0.4, -0.2) is 50.9 Å². The van der Waals surface area contributed by atoms with Crippen LogP contribution in [0, 0.1) is 13.8 Å². The number of pyridine rings is 1. The van der Waals surface area contributed by atoms with Crippen molar-refractivity contribution < 1.29 is 9.47 Å². The molecule has 2 aromatic heterocycles. The molecular formula is C30H40N6O3. The molecule has 4 aromatic rings. The number of aromatic amines is 1. The zero-order valence-electron chi connectivity index (χ0n) is 24.3. The number of fused-ring (bicyclic) bond motifs is 1. The molecule has 0 aliphatic rings. The van der Waals surface area contributed by atoms with Gasteiger partial charge in [-0.25, -0.2) is 4.68 Å². The van der Waals surface area contributed by atoms with Gasteiger partial charge < -0.3 is 14.5 Å². The van der Waals surface area contributed by atoms with Gasteiger partial charge in [-0.05, 0) is 92.8 Å². The van der Waals surface area contributed by atoms with Crippen molar-refractivity contribution in [2.24, 2.45) is 0 Å². The van der Waals surface area contributed by atoms with Crippen LogP contribution in [0.4, 0.5) is 0 Å². The molecule has 9 heteroatoms. The highest BCUT2D eigenvalue weighted by Gasteiger charge is 2.29. The predicted molar refractivity (Wildman–Crippen MR) is 154 cm³/mol. The fourth-order valence-electron chi connectivity index (χ4n) is 5.09. The maximum Gasteiger partial charge on any atom is 0.252 e. The topological polar surface area (TPSA) is 98.2 Å². The molecule has 0 amide bonds. The van der Waals surface area contributed by atoms with Crippen molar-refractivity contribution in [3.63, 3.8) is 0 Å². The monoisotopic (exact) mass is 532 g/mol. The Labute approximate surface area is 230 Å². The number of nitrogens with one attached hydrogen (secondary N) is 1. The molecule has 0 unspecified atom stereocenters. The van der Waals surface area contributed by atoms with Gasteiger partial charge in [0.05, 0.1) is 31.3 Å². The van der Waals surface area contributed by atoms with Crippen LogP contribution in [0.2, 0.25) is 0 Å². The number of rotatable bonds is 10. The average Bonchev–Trinajstić information content (AvgIpc) is 3.40. The van der Waals surface area contributed by atoms with Crippen LogP contribution in [-0.2, 0) is 18.5 Å². The van der Waals surface area contributed by atoms with E-state index in [-0.39, 0.29) is 17.1 Å². The third-order valence-electron chi connectivity index (χ3n) is 7.28. The summed E-state index contributed by atoms with van der Waals surface area (Å²) in [5.41, 5.74) is 4.56. The van der Waals surface area contributed by atoms with E-state index in [0.29, 0.717) is 24.6 Å². The molecule has 0 saturated carbocycles. The Morgan fingerprint density at radius 1 is 1.03 bits per heavy atom. The summed E-state index contributed by atoms with van der Waals surface area (Å²) in [4.78, 5) is 18.8. The van der Waals surface area contributed by atoms with Crippen molar-refractivity contribution in [3.05, 3.63) is 74.8 Å².